The molecular formula is C30H30ClF3N4O6. The Kier molecular flexibility index (Phi) is 9.77. The first-order chi connectivity index (χ1) is 21.1. The number of hydrogen-bond donors (Lipinski definition) is 1. The molecule has 1 atom stereocenters. The second kappa shape index (κ2) is 13.7. The van der Waals surface area contributed by atoms with Crippen molar-refractivity contribution in [2.24, 2.45) is 0 Å². The molecule has 1 saturated heterocycles. The maximum Gasteiger partial charge on any atom is 0.416 e. The Hall–Kier alpha value is -4.07. The fraction of sp³-hybridized carbons (Fsp3) is 0.367. The third kappa shape index (κ3) is 7.71. The Morgan fingerprint density at radius 2 is 1.80 bits per heavy atom. The van der Waals surface area contributed by atoms with Crippen LogP contribution in [0.15, 0.2) is 54.7 Å². The number of pyridine rings is 1. The molecule has 2 aliphatic heterocycles. The fourth-order valence-electron chi connectivity index (χ4n) is 4.64. The summed E-state index contributed by atoms with van der Waals surface area (Å²) < 4.78 is 61.9. The van der Waals surface area contributed by atoms with E-state index < -0.39 is 23.7 Å². The van der Waals surface area contributed by atoms with Gasteiger partial charge in [-0.15, -0.1) is 0 Å². The van der Waals surface area contributed by atoms with E-state index in [4.69, 9.17) is 30.5 Å². The molecular weight excluding hydrogens is 605 g/mol. The van der Waals surface area contributed by atoms with Crippen LogP contribution in [0.25, 0.3) is 0 Å². The van der Waals surface area contributed by atoms with E-state index in [0.29, 0.717) is 50.9 Å². The lowest BCUT2D eigenvalue weighted by atomic mass is 10.2. The lowest BCUT2D eigenvalue weighted by molar-refractivity contribution is -0.138. The number of aromatic nitrogens is 1. The second-order valence-electron chi connectivity index (χ2n) is 10.2. The molecule has 2 aliphatic rings. The first kappa shape index (κ1) is 31.4. The minimum absolute atomic E-state index is 0.0496. The van der Waals surface area contributed by atoms with Crippen molar-refractivity contribution in [3.63, 3.8) is 0 Å². The number of halogens is 4. The lowest BCUT2D eigenvalue weighted by Gasteiger charge is -2.34. The molecule has 1 N–H and O–H groups in total. The summed E-state index contributed by atoms with van der Waals surface area (Å²) >= 11 is 6.05. The maximum absolute atomic E-state index is 13.6. The summed E-state index contributed by atoms with van der Waals surface area (Å²) in [7, 11) is 1.96. The van der Waals surface area contributed by atoms with Gasteiger partial charge in [0.15, 0.2) is 11.5 Å². The van der Waals surface area contributed by atoms with Crippen molar-refractivity contribution < 1.29 is 41.7 Å². The highest BCUT2D eigenvalue weighted by atomic mass is 35.5. The van der Waals surface area contributed by atoms with Crippen LogP contribution >= 0.6 is 11.6 Å². The van der Waals surface area contributed by atoms with Crippen molar-refractivity contribution >= 4 is 23.4 Å². The number of carbonyl (C=O) groups excluding carboxylic acids is 2. The van der Waals surface area contributed by atoms with Gasteiger partial charge in [0.25, 0.3) is 5.91 Å². The van der Waals surface area contributed by atoms with Gasteiger partial charge in [0.05, 0.1) is 23.8 Å². The highest BCUT2D eigenvalue weighted by Crippen LogP contribution is 2.36. The van der Waals surface area contributed by atoms with E-state index in [0.717, 1.165) is 23.8 Å². The zero-order valence-corrected chi connectivity index (χ0v) is 24.5. The van der Waals surface area contributed by atoms with Crippen LogP contribution in [0.4, 0.5) is 13.2 Å². The number of carbonyl (C=O) groups is 2. The van der Waals surface area contributed by atoms with Gasteiger partial charge in [-0.25, -0.2) is 4.98 Å². The van der Waals surface area contributed by atoms with Crippen molar-refractivity contribution in [2.75, 3.05) is 53.0 Å². The number of likely N-dealkylation sites (N-methyl/N-ethyl adjacent to an activating group) is 1. The molecule has 0 bridgehead atoms. The highest BCUT2D eigenvalue weighted by Gasteiger charge is 2.32. The van der Waals surface area contributed by atoms with Gasteiger partial charge in [0.1, 0.15) is 30.6 Å². The Labute approximate surface area is 256 Å². The zero-order chi connectivity index (χ0) is 31.3. The largest absolute Gasteiger partial charge is 0.486 e. The van der Waals surface area contributed by atoms with Crippen LogP contribution in [0.3, 0.4) is 0 Å². The zero-order valence-electron chi connectivity index (χ0n) is 23.7. The number of benzene rings is 2. The Balaban J connectivity index is 1.31. The maximum atomic E-state index is 13.6. The standard InChI is InChI=1S/C30H30ClF3N4O6/c1-37-9-11-38(12-10-37)29(40)23(18-41-17-19-4-6-25-26(15-19)43-14-13-42-25)36-27(39)21-3-2-8-35-28(21)44-24-7-5-20(16-22(24)31)30(32,33)34/h2-8,15-16,23H,9-14,17-18H2,1H3,(H,36,39). The summed E-state index contributed by atoms with van der Waals surface area (Å²) in [5.41, 5.74) is -0.204. The number of ether oxygens (including phenoxy) is 4. The summed E-state index contributed by atoms with van der Waals surface area (Å²) in [6.07, 6.45) is -3.23. The predicted octanol–water partition coefficient (Wildman–Crippen LogP) is 4.41. The first-order valence-electron chi connectivity index (χ1n) is 13.8. The number of fused-ring (bicyclic) bond motifs is 1. The van der Waals surface area contributed by atoms with Crippen LogP contribution < -0.4 is 19.5 Å². The van der Waals surface area contributed by atoms with Gasteiger partial charge in [-0.3, -0.25) is 9.59 Å². The van der Waals surface area contributed by atoms with E-state index in [1.165, 1.54) is 18.3 Å². The third-order valence-electron chi connectivity index (χ3n) is 7.06. The van der Waals surface area contributed by atoms with Crippen molar-refractivity contribution in [1.82, 2.24) is 20.1 Å². The molecule has 0 aliphatic carbocycles. The molecule has 10 nitrogen and oxygen atoms in total. The van der Waals surface area contributed by atoms with Crippen LogP contribution in [-0.4, -0.2) is 85.7 Å². The van der Waals surface area contributed by atoms with Crippen molar-refractivity contribution in [2.45, 2.75) is 18.8 Å². The summed E-state index contributed by atoms with van der Waals surface area (Å²) in [6.45, 7) is 3.25. The van der Waals surface area contributed by atoms with E-state index in [9.17, 15) is 22.8 Å². The normalized spacial score (nSPS) is 15.9. The number of hydrogen-bond acceptors (Lipinski definition) is 8. The molecule has 0 radical (unpaired) electrons. The Morgan fingerprint density at radius 3 is 2.52 bits per heavy atom. The van der Waals surface area contributed by atoms with Crippen molar-refractivity contribution in [3.8, 4) is 23.1 Å². The van der Waals surface area contributed by atoms with Crippen molar-refractivity contribution in [1.29, 1.82) is 0 Å². The molecule has 44 heavy (non-hydrogen) atoms. The number of nitrogens with zero attached hydrogens (tertiary/aromatic N) is 3. The fourth-order valence-corrected chi connectivity index (χ4v) is 4.86. The lowest BCUT2D eigenvalue weighted by Crippen LogP contribution is -2.55. The van der Waals surface area contributed by atoms with Gasteiger partial charge in [0, 0.05) is 32.4 Å². The first-order valence-corrected chi connectivity index (χ1v) is 14.2. The summed E-state index contributed by atoms with van der Waals surface area (Å²) in [6, 6.07) is 9.87. The monoisotopic (exact) mass is 634 g/mol. The number of alkyl halides is 3. The van der Waals surface area contributed by atoms with Crippen molar-refractivity contribution in [3.05, 3.63) is 76.4 Å². The average Bonchev–Trinajstić information content (AvgIpc) is 3.01. The third-order valence-corrected chi connectivity index (χ3v) is 7.36. The summed E-state index contributed by atoms with van der Waals surface area (Å²) in [5, 5.41) is 2.42. The minimum atomic E-state index is -4.59. The summed E-state index contributed by atoms with van der Waals surface area (Å²) in [5.74, 6) is -0.0809. The molecule has 234 valence electrons. The molecule has 3 heterocycles. The molecule has 1 fully saturated rings. The molecule has 2 aromatic carbocycles. The van der Waals surface area contributed by atoms with Gasteiger partial charge in [-0.05, 0) is 55.1 Å². The molecule has 0 spiro atoms. The molecule has 14 heteroatoms. The molecule has 1 aromatic heterocycles. The van der Waals surface area contributed by atoms with Crippen LogP contribution in [0, 0.1) is 0 Å². The number of amides is 2. The molecule has 0 saturated carbocycles. The quantitative estimate of drug-likeness (QED) is 0.370. The average molecular weight is 635 g/mol. The van der Waals surface area contributed by atoms with Crippen LogP contribution in [0.5, 0.6) is 23.1 Å². The van der Waals surface area contributed by atoms with Gasteiger partial charge < -0.3 is 34.1 Å². The summed E-state index contributed by atoms with van der Waals surface area (Å²) in [4.78, 5) is 34.9. The number of rotatable bonds is 9. The van der Waals surface area contributed by atoms with Crippen LogP contribution in [0.2, 0.25) is 5.02 Å². The van der Waals surface area contributed by atoms with Gasteiger partial charge in [-0.1, -0.05) is 17.7 Å². The molecule has 2 amide bonds. The van der Waals surface area contributed by atoms with E-state index in [1.54, 1.807) is 17.0 Å². The van der Waals surface area contributed by atoms with E-state index in [1.807, 2.05) is 13.1 Å². The predicted molar refractivity (Wildman–Crippen MR) is 153 cm³/mol. The van der Waals surface area contributed by atoms with Crippen LogP contribution in [0.1, 0.15) is 21.5 Å². The van der Waals surface area contributed by atoms with Gasteiger partial charge >= 0.3 is 6.18 Å². The van der Waals surface area contributed by atoms with Gasteiger partial charge in [0.2, 0.25) is 11.8 Å². The molecule has 1 unspecified atom stereocenters. The van der Waals surface area contributed by atoms with Crippen LogP contribution in [-0.2, 0) is 22.3 Å². The Bertz CT molecular complexity index is 1500. The molecule has 5 rings (SSSR count). The number of piperazine rings is 1. The van der Waals surface area contributed by atoms with E-state index in [-0.39, 0.29) is 41.3 Å². The van der Waals surface area contributed by atoms with E-state index >= 15 is 0 Å². The molecule has 3 aromatic rings. The second-order valence-corrected chi connectivity index (χ2v) is 10.7. The topological polar surface area (TPSA) is 102 Å². The smallest absolute Gasteiger partial charge is 0.416 e. The minimum Gasteiger partial charge on any atom is -0.486 e. The van der Waals surface area contributed by atoms with E-state index in [2.05, 4.69) is 15.2 Å². The van der Waals surface area contributed by atoms with Gasteiger partial charge in [-0.2, -0.15) is 13.2 Å². The highest BCUT2D eigenvalue weighted by molar-refractivity contribution is 6.32. The Morgan fingerprint density at radius 1 is 1.05 bits per heavy atom. The SMILES string of the molecule is CN1CCN(C(=O)C(COCc2ccc3c(c2)OCCO3)NC(=O)c2cccnc2Oc2ccc(C(F)(F)F)cc2Cl)CC1. The number of nitrogens with one attached hydrogen (secondary N) is 1.